The predicted octanol–water partition coefficient (Wildman–Crippen LogP) is 3.52. The predicted molar refractivity (Wildman–Crippen MR) is 120 cm³/mol. The van der Waals surface area contributed by atoms with Crippen LogP contribution in [0.4, 0.5) is 0 Å². The maximum absolute atomic E-state index is 13.6. The molecule has 3 aromatic heterocycles. The first kappa shape index (κ1) is 21.9. The third kappa shape index (κ3) is 4.50. The molecule has 0 saturated heterocycles. The van der Waals surface area contributed by atoms with Crippen molar-refractivity contribution in [3.8, 4) is 0 Å². The molecule has 8 heteroatoms. The highest BCUT2D eigenvalue weighted by Gasteiger charge is 2.39. The molecule has 1 aliphatic rings. The second kappa shape index (κ2) is 9.44. The van der Waals surface area contributed by atoms with E-state index in [4.69, 9.17) is 4.74 Å². The molecule has 1 atom stereocenters. The van der Waals surface area contributed by atoms with Crippen molar-refractivity contribution in [2.45, 2.75) is 25.9 Å². The van der Waals surface area contributed by atoms with E-state index < -0.39 is 24.0 Å². The summed E-state index contributed by atoms with van der Waals surface area (Å²) in [6.07, 6.45) is 3.91. The maximum Gasteiger partial charge on any atom is 0.337 e. The lowest BCUT2D eigenvalue weighted by Crippen LogP contribution is -2.32. The minimum atomic E-state index is -1.14. The number of aromatic nitrogens is 3. The van der Waals surface area contributed by atoms with Crippen LogP contribution >= 0.6 is 0 Å². The number of ether oxygens (including phenoxy) is 1. The van der Waals surface area contributed by atoms with Gasteiger partial charge in [-0.15, -0.1) is 0 Å². The molecule has 0 aliphatic carbocycles. The number of nitrogens with zero attached hydrogens (tertiary/aromatic N) is 3. The van der Waals surface area contributed by atoms with Gasteiger partial charge in [-0.1, -0.05) is 18.2 Å². The zero-order valence-corrected chi connectivity index (χ0v) is 18.1. The smallest absolute Gasteiger partial charge is 0.337 e. The summed E-state index contributed by atoms with van der Waals surface area (Å²) < 4.78 is 5.94. The van der Waals surface area contributed by atoms with Gasteiger partial charge in [0.25, 0.3) is 0 Å². The Balaban J connectivity index is 1.77. The number of carboxylic acids is 1. The van der Waals surface area contributed by atoms with Gasteiger partial charge in [-0.25, -0.2) is 9.59 Å². The molecular formula is C25H22N4O4. The number of hydrogen-bond donors (Lipinski definition) is 2. The molecule has 2 N–H and O–H groups in total. The van der Waals surface area contributed by atoms with Gasteiger partial charge in [-0.2, -0.15) is 0 Å². The van der Waals surface area contributed by atoms with Crippen molar-refractivity contribution in [2.24, 2.45) is 0 Å². The molecule has 166 valence electrons. The van der Waals surface area contributed by atoms with Gasteiger partial charge in [0.15, 0.2) is 6.10 Å². The number of hydrogen-bond acceptors (Lipinski definition) is 7. The van der Waals surface area contributed by atoms with Gasteiger partial charge in [-0.05, 0) is 50.2 Å². The fourth-order valence-electron chi connectivity index (χ4n) is 3.90. The third-order valence-corrected chi connectivity index (χ3v) is 5.33. The second-order valence-corrected chi connectivity index (χ2v) is 7.49. The summed E-state index contributed by atoms with van der Waals surface area (Å²) in [6.45, 7) is 3.38. The molecule has 1 aliphatic heterocycles. The number of aliphatic carboxylic acids is 1. The number of carboxylic acid groups (broad SMARTS) is 1. The Hall–Kier alpha value is -4.33. The van der Waals surface area contributed by atoms with Gasteiger partial charge < -0.3 is 15.2 Å². The van der Waals surface area contributed by atoms with Gasteiger partial charge in [0.2, 0.25) is 0 Å². The van der Waals surface area contributed by atoms with Crippen molar-refractivity contribution in [3.05, 3.63) is 113 Å². The Morgan fingerprint density at radius 1 is 0.848 bits per heavy atom. The van der Waals surface area contributed by atoms with E-state index in [0.717, 1.165) is 0 Å². The molecule has 1 unspecified atom stereocenters. The van der Waals surface area contributed by atoms with Crippen LogP contribution in [-0.4, -0.2) is 32.0 Å². The van der Waals surface area contributed by atoms with E-state index in [2.05, 4.69) is 20.3 Å². The number of allylic oxidation sites excluding steroid dienone is 2. The van der Waals surface area contributed by atoms with Crippen LogP contribution in [0.3, 0.4) is 0 Å². The monoisotopic (exact) mass is 442 g/mol. The fourth-order valence-corrected chi connectivity index (χ4v) is 3.90. The van der Waals surface area contributed by atoms with Crippen LogP contribution in [0.25, 0.3) is 0 Å². The van der Waals surface area contributed by atoms with Crippen LogP contribution in [0.15, 0.2) is 95.7 Å². The minimum Gasteiger partial charge on any atom is -0.478 e. The standard InChI is InChI=1S/C25H22N4O4/c1-15-20(24(30)31)22(17-9-3-6-12-26-17)21(16(2)29-15)25(32)33-23(18-10-4-7-13-27-18)19-11-5-8-14-28-19/h3-14,22-23,29H,1-2H3,(H,30,31). The Kier molecular flexibility index (Phi) is 6.26. The molecule has 0 spiro atoms. The molecule has 0 radical (unpaired) electrons. The molecule has 0 bridgehead atoms. The normalized spacial score (nSPS) is 15.9. The van der Waals surface area contributed by atoms with Crippen LogP contribution < -0.4 is 5.32 Å². The van der Waals surface area contributed by atoms with Crippen LogP contribution in [0.1, 0.15) is 43.0 Å². The Bertz CT molecular complexity index is 1190. The number of dihydropyridines is 1. The molecule has 4 heterocycles. The van der Waals surface area contributed by atoms with Gasteiger partial charge in [0.05, 0.1) is 34.1 Å². The van der Waals surface area contributed by atoms with Crippen molar-refractivity contribution >= 4 is 11.9 Å². The van der Waals surface area contributed by atoms with E-state index in [9.17, 15) is 14.7 Å². The van der Waals surface area contributed by atoms with Crippen molar-refractivity contribution in [3.63, 3.8) is 0 Å². The first-order valence-corrected chi connectivity index (χ1v) is 10.3. The first-order chi connectivity index (χ1) is 16.0. The largest absolute Gasteiger partial charge is 0.478 e. The van der Waals surface area contributed by atoms with Crippen LogP contribution in [0, 0.1) is 0 Å². The second-order valence-electron chi connectivity index (χ2n) is 7.49. The van der Waals surface area contributed by atoms with E-state index in [0.29, 0.717) is 28.5 Å². The van der Waals surface area contributed by atoms with Crippen molar-refractivity contribution in [1.82, 2.24) is 20.3 Å². The SMILES string of the molecule is CC1=C(C(=O)O)C(c2ccccn2)C(C(=O)OC(c2ccccn2)c2ccccn2)=C(C)N1. The van der Waals surface area contributed by atoms with E-state index in [-0.39, 0.29) is 11.1 Å². The summed E-state index contributed by atoms with van der Waals surface area (Å²) in [7, 11) is 0. The number of carbonyl (C=O) groups excluding carboxylic acids is 1. The molecule has 0 aromatic carbocycles. The number of carbonyl (C=O) groups is 2. The Labute approximate surface area is 190 Å². The molecule has 4 rings (SSSR count). The molecule has 0 amide bonds. The van der Waals surface area contributed by atoms with E-state index >= 15 is 0 Å². The van der Waals surface area contributed by atoms with Crippen molar-refractivity contribution < 1.29 is 19.4 Å². The number of pyridine rings is 3. The number of esters is 1. The highest BCUT2D eigenvalue weighted by Crippen LogP contribution is 2.39. The highest BCUT2D eigenvalue weighted by atomic mass is 16.5. The van der Waals surface area contributed by atoms with E-state index in [1.807, 2.05) is 0 Å². The molecule has 33 heavy (non-hydrogen) atoms. The Morgan fingerprint density at radius 3 is 1.88 bits per heavy atom. The molecule has 0 saturated carbocycles. The lowest BCUT2D eigenvalue weighted by atomic mass is 9.83. The lowest BCUT2D eigenvalue weighted by Gasteiger charge is -2.30. The van der Waals surface area contributed by atoms with Crippen molar-refractivity contribution in [2.75, 3.05) is 0 Å². The first-order valence-electron chi connectivity index (χ1n) is 10.3. The number of rotatable bonds is 6. The average molecular weight is 442 g/mol. The van der Waals surface area contributed by atoms with Gasteiger partial charge in [0.1, 0.15) is 0 Å². The fraction of sp³-hybridized carbons (Fsp3) is 0.160. The van der Waals surface area contributed by atoms with E-state index in [1.165, 1.54) is 0 Å². The van der Waals surface area contributed by atoms with Crippen LogP contribution in [-0.2, 0) is 14.3 Å². The maximum atomic E-state index is 13.6. The molecule has 3 aromatic rings. The molecule has 0 fully saturated rings. The summed E-state index contributed by atoms with van der Waals surface area (Å²) in [5, 5.41) is 13.0. The van der Waals surface area contributed by atoms with Crippen LogP contribution in [0.2, 0.25) is 0 Å². The summed E-state index contributed by atoms with van der Waals surface area (Å²) in [5.74, 6) is -2.71. The van der Waals surface area contributed by atoms with E-state index in [1.54, 1.807) is 87.0 Å². The van der Waals surface area contributed by atoms with Crippen molar-refractivity contribution in [1.29, 1.82) is 0 Å². The highest BCUT2D eigenvalue weighted by molar-refractivity contribution is 5.99. The minimum absolute atomic E-state index is 0.0403. The zero-order chi connectivity index (χ0) is 23.4. The summed E-state index contributed by atoms with van der Waals surface area (Å²) in [6, 6.07) is 15.8. The lowest BCUT2D eigenvalue weighted by molar-refractivity contribution is -0.143. The average Bonchev–Trinajstić information content (AvgIpc) is 2.83. The molecular weight excluding hydrogens is 420 g/mol. The molecule has 8 nitrogen and oxygen atoms in total. The van der Waals surface area contributed by atoms with Gasteiger partial charge in [0, 0.05) is 30.0 Å². The third-order valence-electron chi connectivity index (χ3n) is 5.33. The Morgan fingerprint density at radius 2 is 1.39 bits per heavy atom. The zero-order valence-electron chi connectivity index (χ0n) is 18.1. The van der Waals surface area contributed by atoms with Crippen LogP contribution in [0.5, 0.6) is 0 Å². The summed E-state index contributed by atoms with van der Waals surface area (Å²) in [4.78, 5) is 38.8. The number of nitrogens with one attached hydrogen (secondary N) is 1. The quantitative estimate of drug-likeness (QED) is 0.558. The topological polar surface area (TPSA) is 114 Å². The van der Waals surface area contributed by atoms with Gasteiger partial charge >= 0.3 is 11.9 Å². The summed E-state index contributed by atoms with van der Waals surface area (Å²) >= 11 is 0. The van der Waals surface area contributed by atoms with Gasteiger partial charge in [-0.3, -0.25) is 15.0 Å². The summed E-state index contributed by atoms with van der Waals surface area (Å²) in [5.41, 5.74) is 2.61.